The molecule has 0 atom stereocenters. The predicted octanol–water partition coefficient (Wildman–Crippen LogP) is 2.49. The minimum absolute atomic E-state index is 0.115. The first-order valence-electron chi connectivity index (χ1n) is 8.17. The van der Waals surface area contributed by atoms with Crippen molar-refractivity contribution < 1.29 is 4.92 Å². The zero-order valence-corrected chi connectivity index (χ0v) is 14.9. The fraction of sp³-hybridized carbons (Fsp3) is 0.312. The summed E-state index contributed by atoms with van der Waals surface area (Å²) in [6, 6.07) is 7.71. The van der Waals surface area contributed by atoms with Gasteiger partial charge < -0.3 is 15.1 Å². The van der Waals surface area contributed by atoms with Crippen LogP contribution in [0.25, 0.3) is 10.2 Å². The second-order valence-corrected chi connectivity index (χ2v) is 7.08. The normalized spacial score (nSPS) is 15.3. The third-order valence-corrected chi connectivity index (χ3v) is 5.26. The Labute approximate surface area is 153 Å². The van der Waals surface area contributed by atoms with Gasteiger partial charge in [-0.1, -0.05) is 23.5 Å². The summed E-state index contributed by atoms with van der Waals surface area (Å²) in [5, 5.41) is 15.3. The summed E-state index contributed by atoms with van der Waals surface area (Å²) in [6.07, 6.45) is 1.36. The molecule has 1 fully saturated rings. The molecule has 0 bridgehead atoms. The van der Waals surface area contributed by atoms with Crippen LogP contribution >= 0.6 is 11.3 Å². The number of thiazole rings is 1. The molecule has 3 aromatic rings. The molecular weight excluding hydrogens is 354 g/mol. The summed E-state index contributed by atoms with van der Waals surface area (Å²) in [4.78, 5) is 28.2. The molecule has 1 saturated heterocycles. The number of nitrogens with zero attached hydrogens (tertiary/aromatic N) is 6. The number of piperazine rings is 1. The number of nitro groups is 1. The molecule has 1 aliphatic rings. The van der Waals surface area contributed by atoms with Crippen LogP contribution in [0.2, 0.25) is 0 Å². The Morgan fingerprint density at radius 2 is 1.96 bits per heavy atom. The van der Waals surface area contributed by atoms with Crippen LogP contribution in [0.3, 0.4) is 0 Å². The van der Waals surface area contributed by atoms with Gasteiger partial charge in [-0.3, -0.25) is 10.1 Å². The highest BCUT2D eigenvalue weighted by atomic mass is 32.1. The van der Waals surface area contributed by atoms with E-state index in [4.69, 9.17) is 0 Å². The Kier molecular flexibility index (Phi) is 4.35. The molecule has 1 aromatic carbocycles. The van der Waals surface area contributed by atoms with Crippen molar-refractivity contribution in [3.63, 3.8) is 0 Å². The van der Waals surface area contributed by atoms with Gasteiger partial charge in [0.25, 0.3) is 0 Å². The Hall–Kier alpha value is -2.85. The second kappa shape index (κ2) is 6.81. The molecule has 0 unspecified atom stereocenters. The van der Waals surface area contributed by atoms with E-state index in [-0.39, 0.29) is 11.5 Å². The average Bonchev–Trinajstić information content (AvgIpc) is 3.04. The number of rotatable bonds is 4. The van der Waals surface area contributed by atoms with Crippen LogP contribution in [0.15, 0.2) is 30.6 Å². The van der Waals surface area contributed by atoms with E-state index in [0.717, 1.165) is 23.3 Å². The molecule has 26 heavy (non-hydrogen) atoms. The van der Waals surface area contributed by atoms with Crippen molar-refractivity contribution in [2.24, 2.45) is 0 Å². The van der Waals surface area contributed by atoms with Crippen LogP contribution in [0.4, 0.5) is 22.5 Å². The Balaban J connectivity index is 1.69. The molecule has 0 spiro atoms. The van der Waals surface area contributed by atoms with E-state index in [1.165, 1.54) is 17.7 Å². The lowest BCUT2D eigenvalue weighted by atomic mass is 10.3. The topological polar surface area (TPSA) is 100 Å². The first-order chi connectivity index (χ1) is 12.6. The SMILES string of the molecule is CN1CCN(c2ncnc(Nc3nc4ccccc4s3)c2[N+](=O)[O-])CC1. The first kappa shape index (κ1) is 16.6. The summed E-state index contributed by atoms with van der Waals surface area (Å²) >= 11 is 1.43. The molecule has 1 aliphatic heterocycles. The van der Waals surface area contributed by atoms with Gasteiger partial charge in [0.1, 0.15) is 6.33 Å². The van der Waals surface area contributed by atoms with Gasteiger partial charge in [-0.2, -0.15) is 0 Å². The fourth-order valence-electron chi connectivity index (χ4n) is 2.91. The maximum Gasteiger partial charge on any atom is 0.353 e. The Morgan fingerprint density at radius 3 is 2.69 bits per heavy atom. The summed E-state index contributed by atoms with van der Waals surface area (Å²) in [5.41, 5.74) is 0.729. The summed E-state index contributed by atoms with van der Waals surface area (Å²) < 4.78 is 1.01. The quantitative estimate of drug-likeness (QED) is 0.551. The number of aromatic nitrogens is 3. The van der Waals surface area contributed by atoms with Gasteiger partial charge in [0.15, 0.2) is 5.13 Å². The summed E-state index contributed by atoms with van der Waals surface area (Å²) in [6.45, 7) is 3.05. The maximum absolute atomic E-state index is 11.7. The molecule has 1 N–H and O–H groups in total. The van der Waals surface area contributed by atoms with Crippen molar-refractivity contribution in [3.05, 3.63) is 40.7 Å². The van der Waals surface area contributed by atoms with Crippen LogP contribution in [0.5, 0.6) is 0 Å². The second-order valence-electron chi connectivity index (χ2n) is 6.05. The third kappa shape index (κ3) is 3.16. The van der Waals surface area contributed by atoms with Crippen molar-refractivity contribution in [1.82, 2.24) is 19.9 Å². The monoisotopic (exact) mass is 371 g/mol. The molecular formula is C16H17N7O2S. The summed E-state index contributed by atoms with van der Waals surface area (Å²) in [5.74, 6) is 0.514. The highest BCUT2D eigenvalue weighted by Gasteiger charge is 2.29. The van der Waals surface area contributed by atoms with Gasteiger partial charge >= 0.3 is 5.69 Å². The zero-order valence-electron chi connectivity index (χ0n) is 14.1. The van der Waals surface area contributed by atoms with E-state index in [1.807, 2.05) is 36.2 Å². The van der Waals surface area contributed by atoms with Crippen molar-refractivity contribution in [3.8, 4) is 0 Å². The Bertz CT molecular complexity index is 920. The number of benzene rings is 1. The van der Waals surface area contributed by atoms with Gasteiger partial charge in [0.2, 0.25) is 11.6 Å². The molecule has 0 aliphatic carbocycles. The molecule has 0 amide bonds. The minimum Gasteiger partial charge on any atom is -0.348 e. The van der Waals surface area contributed by atoms with Crippen molar-refractivity contribution in [2.45, 2.75) is 0 Å². The van der Waals surface area contributed by atoms with Crippen LogP contribution in [0.1, 0.15) is 0 Å². The highest BCUT2D eigenvalue weighted by molar-refractivity contribution is 7.22. The molecule has 2 aromatic heterocycles. The lowest BCUT2D eigenvalue weighted by molar-refractivity contribution is -0.383. The Morgan fingerprint density at radius 1 is 1.19 bits per heavy atom. The molecule has 9 nitrogen and oxygen atoms in total. The number of anilines is 3. The molecule has 4 rings (SSSR count). The van der Waals surface area contributed by atoms with Gasteiger partial charge in [0.05, 0.1) is 15.1 Å². The van der Waals surface area contributed by atoms with E-state index in [2.05, 4.69) is 25.2 Å². The largest absolute Gasteiger partial charge is 0.353 e. The smallest absolute Gasteiger partial charge is 0.348 e. The van der Waals surface area contributed by atoms with Crippen molar-refractivity contribution in [2.75, 3.05) is 43.4 Å². The number of fused-ring (bicyclic) bond motifs is 1. The number of para-hydroxylation sites is 1. The van der Waals surface area contributed by atoms with Gasteiger partial charge in [-0.25, -0.2) is 15.0 Å². The third-order valence-electron chi connectivity index (χ3n) is 4.31. The van der Waals surface area contributed by atoms with E-state index in [0.29, 0.717) is 24.0 Å². The number of hydrogen-bond acceptors (Lipinski definition) is 9. The average molecular weight is 371 g/mol. The predicted molar refractivity (Wildman–Crippen MR) is 101 cm³/mol. The number of nitrogens with one attached hydrogen (secondary N) is 1. The fourth-order valence-corrected chi connectivity index (χ4v) is 3.77. The highest BCUT2D eigenvalue weighted by Crippen LogP contribution is 2.35. The molecule has 3 heterocycles. The standard InChI is InChI=1S/C16H17N7O2S/c1-21-6-8-22(9-7-21)15-13(23(24)25)14(17-10-18-15)20-16-19-11-4-2-3-5-12(11)26-16/h2-5,10H,6-9H2,1H3,(H,17,18,19,20). The molecule has 0 saturated carbocycles. The number of likely N-dealkylation sites (N-methyl/N-ethyl adjacent to an activating group) is 1. The molecule has 10 heteroatoms. The van der Waals surface area contributed by atoms with E-state index >= 15 is 0 Å². The minimum atomic E-state index is -0.427. The number of hydrogen-bond donors (Lipinski definition) is 1. The van der Waals surface area contributed by atoms with Crippen molar-refractivity contribution >= 4 is 44.0 Å². The lowest BCUT2D eigenvalue weighted by Gasteiger charge is -2.32. The van der Waals surface area contributed by atoms with Gasteiger partial charge in [0, 0.05) is 26.2 Å². The maximum atomic E-state index is 11.7. The van der Waals surface area contributed by atoms with E-state index in [1.54, 1.807) is 0 Å². The van der Waals surface area contributed by atoms with Gasteiger partial charge in [-0.15, -0.1) is 0 Å². The van der Waals surface area contributed by atoms with E-state index in [9.17, 15) is 10.1 Å². The zero-order chi connectivity index (χ0) is 18.1. The van der Waals surface area contributed by atoms with E-state index < -0.39 is 4.92 Å². The first-order valence-corrected chi connectivity index (χ1v) is 8.99. The molecule has 134 valence electrons. The lowest BCUT2D eigenvalue weighted by Crippen LogP contribution is -2.45. The van der Waals surface area contributed by atoms with Crippen LogP contribution in [0, 0.1) is 10.1 Å². The molecule has 0 radical (unpaired) electrons. The van der Waals surface area contributed by atoms with Crippen LogP contribution in [-0.4, -0.2) is 58.0 Å². The van der Waals surface area contributed by atoms with Crippen molar-refractivity contribution in [1.29, 1.82) is 0 Å². The van der Waals surface area contributed by atoms with Crippen LogP contribution < -0.4 is 10.2 Å². The summed E-state index contributed by atoms with van der Waals surface area (Å²) in [7, 11) is 2.03. The van der Waals surface area contributed by atoms with Crippen LogP contribution in [-0.2, 0) is 0 Å². The van der Waals surface area contributed by atoms with Gasteiger partial charge in [-0.05, 0) is 19.2 Å².